The Labute approximate surface area is 145 Å². The summed E-state index contributed by atoms with van der Waals surface area (Å²) in [4.78, 5) is 13.6. The lowest BCUT2D eigenvalue weighted by Crippen LogP contribution is -2.34. The molecule has 2 rings (SSSR count). The fraction of sp³-hybridized carbons (Fsp3) is 0.400. The molecule has 0 bridgehead atoms. The van der Waals surface area contributed by atoms with E-state index in [4.69, 9.17) is 17.0 Å². The molecular weight excluding hydrogens is 328 g/mol. The van der Waals surface area contributed by atoms with Gasteiger partial charge in [-0.2, -0.15) is 4.80 Å². The molecule has 0 aliphatic carbocycles. The zero-order chi connectivity index (χ0) is 17.4. The van der Waals surface area contributed by atoms with E-state index in [1.807, 2.05) is 13.8 Å². The number of anilines is 1. The van der Waals surface area contributed by atoms with Crippen molar-refractivity contribution in [2.75, 3.05) is 11.9 Å². The van der Waals surface area contributed by atoms with Gasteiger partial charge in [0.05, 0.1) is 13.2 Å². The number of nitrogens with one attached hydrogen (secondary N) is 2. The summed E-state index contributed by atoms with van der Waals surface area (Å²) in [5, 5.41) is 17.2. The zero-order valence-electron chi connectivity index (χ0n) is 13.7. The minimum Gasteiger partial charge on any atom is -0.494 e. The molecule has 0 atom stereocenters. The van der Waals surface area contributed by atoms with Crippen LogP contribution in [0.25, 0.3) is 0 Å². The van der Waals surface area contributed by atoms with E-state index in [1.165, 1.54) is 4.80 Å². The van der Waals surface area contributed by atoms with Crippen molar-refractivity contribution in [3.05, 3.63) is 29.8 Å². The first-order valence-corrected chi connectivity index (χ1v) is 8.16. The average molecular weight is 348 g/mol. The molecule has 128 valence electrons. The van der Waals surface area contributed by atoms with Crippen molar-refractivity contribution < 1.29 is 9.53 Å². The smallest absolute Gasteiger partial charge is 0.269 e. The van der Waals surface area contributed by atoms with Crippen molar-refractivity contribution in [3.8, 4) is 5.75 Å². The predicted molar refractivity (Wildman–Crippen MR) is 94.0 cm³/mol. The fourth-order valence-corrected chi connectivity index (χ4v) is 2.00. The van der Waals surface area contributed by atoms with Crippen LogP contribution in [0.4, 0.5) is 5.95 Å². The van der Waals surface area contributed by atoms with Crippen LogP contribution >= 0.6 is 12.2 Å². The van der Waals surface area contributed by atoms with Crippen molar-refractivity contribution in [2.24, 2.45) is 0 Å². The number of aromatic nitrogens is 4. The third-order valence-corrected chi connectivity index (χ3v) is 3.12. The highest BCUT2D eigenvalue weighted by Gasteiger charge is 2.10. The number of benzene rings is 1. The van der Waals surface area contributed by atoms with Crippen molar-refractivity contribution in [3.63, 3.8) is 0 Å². The van der Waals surface area contributed by atoms with E-state index >= 15 is 0 Å². The zero-order valence-corrected chi connectivity index (χ0v) is 14.5. The highest BCUT2D eigenvalue weighted by Crippen LogP contribution is 2.12. The minimum atomic E-state index is -0.324. The number of aryl methyl sites for hydroxylation is 1. The lowest BCUT2D eigenvalue weighted by atomic mass is 10.2. The Kier molecular flexibility index (Phi) is 6.62. The van der Waals surface area contributed by atoms with Crippen molar-refractivity contribution in [1.82, 2.24) is 25.5 Å². The van der Waals surface area contributed by atoms with Crippen molar-refractivity contribution >= 4 is 29.2 Å². The Balaban J connectivity index is 1.87. The van der Waals surface area contributed by atoms with Gasteiger partial charge in [0, 0.05) is 5.56 Å². The van der Waals surface area contributed by atoms with Gasteiger partial charge < -0.3 is 4.74 Å². The van der Waals surface area contributed by atoms with Crippen LogP contribution in [0.5, 0.6) is 5.75 Å². The summed E-state index contributed by atoms with van der Waals surface area (Å²) in [6.07, 6.45) is 1.83. The molecule has 1 heterocycles. The first-order chi connectivity index (χ1) is 11.6. The third-order valence-electron chi connectivity index (χ3n) is 2.92. The summed E-state index contributed by atoms with van der Waals surface area (Å²) in [6.45, 7) is 5.36. The molecule has 2 N–H and O–H groups in total. The fourth-order valence-electron chi connectivity index (χ4n) is 1.82. The summed E-state index contributed by atoms with van der Waals surface area (Å²) in [7, 11) is 0. The summed E-state index contributed by atoms with van der Waals surface area (Å²) < 4.78 is 5.48. The van der Waals surface area contributed by atoms with E-state index < -0.39 is 0 Å². The molecule has 0 saturated heterocycles. The summed E-state index contributed by atoms with van der Waals surface area (Å²) in [6, 6.07) is 6.86. The molecule has 0 aliphatic heterocycles. The van der Waals surface area contributed by atoms with Crippen LogP contribution in [0.2, 0.25) is 0 Å². The highest BCUT2D eigenvalue weighted by molar-refractivity contribution is 7.80. The van der Waals surface area contributed by atoms with E-state index in [1.54, 1.807) is 24.3 Å². The van der Waals surface area contributed by atoms with Gasteiger partial charge in [-0.3, -0.25) is 15.4 Å². The molecule has 0 saturated carbocycles. The number of amides is 1. The van der Waals surface area contributed by atoms with Gasteiger partial charge in [-0.25, -0.2) is 0 Å². The molecule has 9 heteroatoms. The van der Waals surface area contributed by atoms with Crippen LogP contribution in [0.1, 0.15) is 37.0 Å². The molecule has 0 spiro atoms. The van der Waals surface area contributed by atoms with Crippen molar-refractivity contribution in [2.45, 2.75) is 33.2 Å². The molecule has 0 radical (unpaired) electrons. The van der Waals surface area contributed by atoms with Crippen LogP contribution in [0.3, 0.4) is 0 Å². The predicted octanol–water partition coefficient (Wildman–Crippen LogP) is 2.00. The van der Waals surface area contributed by atoms with Crippen LogP contribution in [0.15, 0.2) is 24.3 Å². The Morgan fingerprint density at radius 3 is 2.67 bits per heavy atom. The standard InChI is InChI=1S/C15H20N6O2S/c1-3-9-21-19-14(18-20-21)17-15(24)16-13(22)11-5-7-12(8-6-11)23-10-4-2/h5-8H,3-4,9-10H2,1-2H3,(H2,16,17,19,22,24). The molecule has 0 fully saturated rings. The van der Waals surface area contributed by atoms with Gasteiger partial charge in [0.15, 0.2) is 5.11 Å². The largest absolute Gasteiger partial charge is 0.494 e. The monoisotopic (exact) mass is 348 g/mol. The van der Waals surface area contributed by atoms with Crippen LogP contribution in [-0.2, 0) is 6.54 Å². The second kappa shape index (κ2) is 8.92. The first kappa shape index (κ1) is 17.8. The van der Waals surface area contributed by atoms with Gasteiger partial charge in [-0.1, -0.05) is 18.9 Å². The van der Waals surface area contributed by atoms with Gasteiger partial charge in [-0.05, 0) is 54.5 Å². The van der Waals surface area contributed by atoms with E-state index in [0.29, 0.717) is 18.7 Å². The number of carbonyl (C=O) groups excluding carboxylic acids is 1. The van der Waals surface area contributed by atoms with Crippen LogP contribution < -0.4 is 15.4 Å². The van der Waals surface area contributed by atoms with Gasteiger partial charge in [-0.15, -0.1) is 5.10 Å². The third kappa shape index (κ3) is 5.27. The maximum atomic E-state index is 12.1. The number of ether oxygens (including phenoxy) is 1. The molecule has 2 aromatic rings. The van der Waals surface area contributed by atoms with Crippen LogP contribution in [-0.4, -0.2) is 37.8 Å². The maximum Gasteiger partial charge on any atom is 0.269 e. The molecule has 8 nitrogen and oxygen atoms in total. The van der Waals surface area contributed by atoms with Crippen molar-refractivity contribution in [1.29, 1.82) is 0 Å². The van der Waals surface area contributed by atoms with E-state index in [0.717, 1.165) is 18.6 Å². The molecule has 1 amide bonds. The van der Waals surface area contributed by atoms with Gasteiger partial charge in [0.25, 0.3) is 11.9 Å². The number of carbonyl (C=O) groups is 1. The Morgan fingerprint density at radius 1 is 1.25 bits per heavy atom. The number of hydrogen-bond donors (Lipinski definition) is 2. The number of thiocarbonyl (C=S) groups is 1. The van der Waals surface area contributed by atoms with Gasteiger partial charge in [0.1, 0.15) is 5.75 Å². The lowest BCUT2D eigenvalue weighted by molar-refractivity contribution is 0.0977. The number of nitrogens with zero attached hydrogens (tertiary/aromatic N) is 4. The number of hydrogen-bond acceptors (Lipinski definition) is 6. The van der Waals surface area contributed by atoms with Gasteiger partial charge >= 0.3 is 0 Å². The Morgan fingerprint density at radius 2 is 2.00 bits per heavy atom. The molecule has 24 heavy (non-hydrogen) atoms. The minimum absolute atomic E-state index is 0.113. The number of rotatable bonds is 7. The van der Waals surface area contributed by atoms with Gasteiger partial charge in [0.2, 0.25) is 0 Å². The Hall–Kier alpha value is -2.55. The molecular formula is C15H20N6O2S. The first-order valence-electron chi connectivity index (χ1n) is 7.75. The van der Waals surface area contributed by atoms with Crippen LogP contribution in [0, 0.1) is 0 Å². The summed E-state index contributed by atoms with van der Waals surface area (Å²) in [5.41, 5.74) is 0.477. The maximum absolute atomic E-state index is 12.1. The quantitative estimate of drug-likeness (QED) is 0.739. The van der Waals surface area contributed by atoms with E-state index in [9.17, 15) is 4.79 Å². The second-order valence-corrected chi connectivity index (χ2v) is 5.40. The number of tetrazole rings is 1. The summed E-state index contributed by atoms with van der Waals surface area (Å²) >= 11 is 5.08. The SMILES string of the molecule is CCCOc1ccc(C(=O)NC(=S)Nc2nnn(CCC)n2)cc1. The molecule has 0 unspecified atom stereocenters. The van der Waals surface area contributed by atoms with E-state index in [-0.39, 0.29) is 17.0 Å². The normalized spacial score (nSPS) is 10.2. The summed E-state index contributed by atoms with van der Waals surface area (Å²) in [5.74, 6) is 0.651. The molecule has 1 aromatic carbocycles. The lowest BCUT2D eigenvalue weighted by Gasteiger charge is -2.08. The second-order valence-electron chi connectivity index (χ2n) is 4.99. The van der Waals surface area contributed by atoms with E-state index in [2.05, 4.69) is 26.0 Å². The highest BCUT2D eigenvalue weighted by atomic mass is 32.1. The molecule has 1 aromatic heterocycles. The molecule has 0 aliphatic rings. The topological polar surface area (TPSA) is 94.0 Å². The average Bonchev–Trinajstić information content (AvgIpc) is 3.00. The Bertz CT molecular complexity index is 686.